The third kappa shape index (κ3) is 3.22. The zero-order chi connectivity index (χ0) is 11.5. The molecular weight excluding hydrogens is 222 g/mol. The van der Waals surface area contributed by atoms with Crippen LogP contribution < -0.4 is 0 Å². The molecule has 1 aromatic carbocycles. The molecule has 0 saturated heterocycles. The minimum absolute atomic E-state index is 0.0534. The van der Waals surface area contributed by atoms with Gasteiger partial charge in [-0.25, -0.2) is 0 Å². The predicted molar refractivity (Wildman–Crippen MR) is 52.8 cm³/mol. The quantitative estimate of drug-likeness (QED) is 0.303. The van der Waals surface area contributed by atoms with E-state index in [-0.39, 0.29) is 17.0 Å². The van der Waals surface area contributed by atoms with Gasteiger partial charge in [-0.05, 0) is 12.1 Å². The number of hydrogen-bond donors (Lipinski definition) is 3. The Balaban J connectivity index is 3.11. The first-order chi connectivity index (χ1) is 6.94. The molecule has 15 heavy (non-hydrogen) atoms. The molecular formula is C8H9NO5S. The van der Waals surface area contributed by atoms with Crippen LogP contribution in [0, 0.1) is 0 Å². The Labute approximate surface area is 86.2 Å². The van der Waals surface area contributed by atoms with E-state index in [9.17, 15) is 13.5 Å². The molecule has 3 N–H and O–H groups in total. The van der Waals surface area contributed by atoms with E-state index in [4.69, 9.17) is 9.76 Å². The van der Waals surface area contributed by atoms with Crippen LogP contribution in [0.25, 0.3) is 0 Å². The molecule has 0 aromatic heterocycles. The molecule has 0 aliphatic rings. The molecule has 0 amide bonds. The van der Waals surface area contributed by atoms with Crippen molar-refractivity contribution < 1.29 is 23.3 Å². The maximum absolute atomic E-state index is 10.6. The van der Waals surface area contributed by atoms with Crippen LogP contribution in [0.2, 0.25) is 0 Å². The summed E-state index contributed by atoms with van der Waals surface area (Å²) in [5, 5.41) is 20.6. The highest BCUT2D eigenvalue weighted by Gasteiger charge is 2.16. The van der Waals surface area contributed by atoms with E-state index in [0.29, 0.717) is 0 Å². The van der Waals surface area contributed by atoms with Gasteiger partial charge in [0, 0.05) is 5.56 Å². The van der Waals surface area contributed by atoms with Crippen LogP contribution in [-0.4, -0.2) is 34.7 Å². The molecule has 7 heteroatoms. The lowest BCUT2D eigenvalue weighted by molar-refractivity contribution is 0.318. The van der Waals surface area contributed by atoms with Crippen molar-refractivity contribution in [2.75, 3.05) is 5.75 Å². The van der Waals surface area contributed by atoms with Gasteiger partial charge in [-0.3, -0.25) is 4.55 Å². The summed E-state index contributed by atoms with van der Waals surface area (Å²) in [6.45, 7) is 0. The van der Waals surface area contributed by atoms with Crippen LogP contribution in [-0.2, 0) is 10.1 Å². The highest BCUT2D eigenvalue weighted by molar-refractivity contribution is 7.86. The third-order valence-corrected chi connectivity index (χ3v) is 2.29. The van der Waals surface area contributed by atoms with Crippen LogP contribution in [0.1, 0.15) is 5.56 Å². The molecule has 0 radical (unpaired) electrons. The minimum Gasteiger partial charge on any atom is -0.507 e. The Morgan fingerprint density at radius 2 is 1.93 bits per heavy atom. The number of phenols is 1. The molecule has 0 aliphatic carbocycles. The first-order valence-electron chi connectivity index (χ1n) is 3.88. The van der Waals surface area contributed by atoms with E-state index in [1.165, 1.54) is 24.3 Å². The average Bonchev–Trinajstić information content (AvgIpc) is 2.14. The highest BCUT2D eigenvalue weighted by atomic mass is 32.2. The first kappa shape index (κ1) is 11.5. The molecule has 0 atom stereocenters. The number of nitrogens with zero attached hydrogens (tertiary/aromatic N) is 1. The molecule has 0 saturated carbocycles. The molecule has 1 rings (SSSR count). The van der Waals surface area contributed by atoms with Crippen molar-refractivity contribution in [3.63, 3.8) is 0 Å². The van der Waals surface area contributed by atoms with Gasteiger partial charge >= 0.3 is 0 Å². The Morgan fingerprint density at radius 3 is 2.40 bits per heavy atom. The molecule has 0 fully saturated rings. The van der Waals surface area contributed by atoms with Gasteiger partial charge in [0.25, 0.3) is 10.1 Å². The van der Waals surface area contributed by atoms with Crippen molar-refractivity contribution in [3.05, 3.63) is 29.8 Å². The lowest BCUT2D eigenvalue weighted by Gasteiger charge is -2.04. The summed E-state index contributed by atoms with van der Waals surface area (Å²) in [5.41, 5.74) is -0.270. The molecule has 0 heterocycles. The summed E-state index contributed by atoms with van der Waals surface area (Å²) in [6, 6.07) is 5.74. The fraction of sp³-hybridized carbons (Fsp3) is 0.125. The zero-order valence-electron chi connectivity index (χ0n) is 7.53. The van der Waals surface area contributed by atoms with Crippen molar-refractivity contribution in [2.45, 2.75) is 0 Å². The number of para-hydroxylation sites is 1. The van der Waals surface area contributed by atoms with Gasteiger partial charge in [-0.2, -0.15) is 8.42 Å². The normalized spacial score (nSPS) is 12.7. The maximum atomic E-state index is 10.6. The van der Waals surface area contributed by atoms with Gasteiger partial charge < -0.3 is 10.3 Å². The topological polar surface area (TPSA) is 107 Å². The lowest BCUT2D eigenvalue weighted by Crippen LogP contribution is -2.16. The average molecular weight is 231 g/mol. The van der Waals surface area contributed by atoms with Crippen LogP contribution in [0.5, 0.6) is 5.75 Å². The minimum atomic E-state index is -4.30. The maximum Gasteiger partial charge on any atom is 0.270 e. The summed E-state index contributed by atoms with van der Waals surface area (Å²) in [7, 11) is -4.30. The smallest absolute Gasteiger partial charge is 0.270 e. The second-order valence-electron chi connectivity index (χ2n) is 2.79. The monoisotopic (exact) mass is 231 g/mol. The number of oxime groups is 1. The second-order valence-corrected chi connectivity index (χ2v) is 4.24. The summed E-state index contributed by atoms with van der Waals surface area (Å²) in [4.78, 5) is 0. The molecule has 82 valence electrons. The number of rotatable bonds is 3. The number of phenolic OH excluding ortho intramolecular Hbond substituents is 1. The predicted octanol–water partition coefficient (Wildman–Crippen LogP) is 0.458. The van der Waals surface area contributed by atoms with Gasteiger partial charge in [-0.1, -0.05) is 17.3 Å². The van der Waals surface area contributed by atoms with E-state index in [0.717, 1.165) is 0 Å². The Hall–Kier alpha value is -1.60. The summed E-state index contributed by atoms with van der Waals surface area (Å²) in [5.74, 6) is -1.09. The second kappa shape index (κ2) is 4.28. The van der Waals surface area contributed by atoms with Gasteiger partial charge in [-0.15, -0.1) is 0 Å². The Morgan fingerprint density at radius 1 is 1.33 bits per heavy atom. The van der Waals surface area contributed by atoms with E-state index in [1.54, 1.807) is 0 Å². The van der Waals surface area contributed by atoms with Crippen LogP contribution >= 0.6 is 0 Å². The van der Waals surface area contributed by atoms with Crippen molar-refractivity contribution in [1.29, 1.82) is 0 Å². The molecule has 6 nitrogen and oxygen atoms in total. The largest absolute Gasteiger partial charge is 0.507 e. The van der Waals surface area contributed by atoms with Crippen molar-refractivity contribution >= 4 is 15.8 Å². The van der Waals surface area contributed by atoms with Crippen LogP contribution in [0.15, 0.2) is 29.4 Å². The SMILES string of the molecule is O=S(=O)(O)C/C(=N/O)c1ccccc1O. The molecule has 0 bridgehead atoms. The van der Waals surface area contributed by atoms with Gasteiger partial charge in [0.2, 0.25) is 0 Å². The van der Waals surface area contributed by atoms with Crippen molar-refractivity contribution in [1.82, 2.24) is 0 Å². The third-order valence-electron chi connectivity index (χ3n) is 1.65. The van der Waals surface area contributed by atoms with Crippen LogP contribution in [0.3, 0.4) is 0 Å². The van der Waals surface area contributed by atoms with Gasteiger partial charge in [0.15, 0.2) is 0 Å². The first-order valence-corrected chi connectivity index (χ1v) is 5.49. The molecule has 0 spiro atoms. The van der Waals surface area contributed by atoms with Gasteiger partial charge in [0.05, 0.1) is 0 Å². The Kier molecular flexibility index (Phi) is 3.28. The van der Waals surface area contributed by atoms with E-state index in [2.05, 4.69) is 5.16 Å². The van der Waals surface area contributed by atoms with Crippen molar-refractivity contribution in [2.24, 2.45) is 5.16 Å². The Bertz CT molecular complexity index is 480. The number of aromatic hydroxyl groups is 1. The highest BCUT2D eigenvalue weighted by Crippen LogP contribution is 2.17. The summed E-state index contributed by atoms with van der Waals surface area (Å²) >= 11 is 0. The van der Waals surface area contributed by atoms with Crippen molar-refractivity contribution in [3.8, 4) is 5.75 Å². The van der Waals surface area contributed by atoms with E-state index in [1.807, 2.05) is 0 Å². The summed E-state index contributed by atoms with van der Waals surface area (Å²) in [6.07, 6.45) is 0. The van der Waals surface area contributed by atoms with E-state index >= 15 is 0 Å². The number of hydrogen-bond acceptors (Lipinski definition) is 5. The fourth-order valence-corrected chi connectivity index (χ4v) is 1.61. The lowest BCUT2D eigenvalue weighted by atomic mass is 10.1. The zero-order valence-corrected chi connectivity index (χ0v) is 8.35. The molecule has 1 aromatic rings. The molecule has 0 unspecified atom stereocenters. The molecule has 0 aliphatic heterocycles. The number of benzene rings is 1. The van der Waals surface area contributed by atoms with E-state index < -0.39 is 15.9 Å². The fourth-order valence-electron chi connectivity index (χ4n) is 1.05. The standard InChI is InChI=1S/C8H9NO5S/c10-8-4-2-1-3-6(8)7(9-11)5-15(12,13)14/h1-4,10-11H,5H2,(H,12,13,14)/b9-7-. The summed E-state index contributed by atoms with van der Waals surface area (Å²) < 4.78 is 29.7. The van der Waals surface area contributed by atoms with Crippen LogP contribution in [0.4, 0.5) is 0 Å². The van der Waals surface area contributed by atoms with Gasteiger partial charge in [0.1, 0.15) is 17.2 Å².